The Kier molecular flexibility index (Phi) is 4.85. The SMILES string of the molecule is CC(C)C(CN)CNc1cccc(Cl)n1. The number of hydrogen-bond acceptors (Lipinski definition) is 3. The van der Waals surface area contributed by atoms with Crippen molar-refractivity contribution >= 4 is 17.4 Å². The third-order valence-electron chi connectivity index (χ3n) is 2.51. The van der Waals surface area contributed by atoms with Gasteiger partial charge in [-0.1, -0.05) is 31.5 Å². The molecule has 0 radical (unpaired) electrons. The van der Waals surface area contributed by atoms with Crippen LogP contribution in [0.1, 0.15) is 13.8 Å². The summed E-state index contributed by atoms with van der Waals surface area (Å²) >= 11 is 5.78. The van der Waals surface area contributed by atoms with Crippen LogP contribution in [-0.2, 0) is 0 Å². The first-order chi connectivity index (χ1) is 7.13. The number of nitrogens with two attached hydrogens (primary N) is 1. The normalized spacial score (nSPS) is 12.9. The maximum absolute atomic E-state index is 5.78. The lowest BCUT2D eigenvalue weighted by Gasteiger charge is -2.19. The van der Waals surface area contributed by atoms with Crippen molar-refractivity contribution in [3.8, 4) is 0 Å². The zero-order valence-electron chi connectivity index (χ0n) is 9.20. The van der Waals surface area contributed by atoms with Crippen LogP contribution in [0.15, 0.2) is 18.2 Å². The van der Waals surface area contributed by atoms with Crippen molar-refractivity contribution < 1.29 is 0 Å². The Bertz CT molecular complexity index is 302. The van der Waals surface area contributed by atoms with Crippen LogP contribution in [0, 0.1) is 11.8 Å². The van der Waals surface area contributed by atoms with E-state index in [1.807, 2.05) is 12.1 Å². The van der Waals surface area contributed by atoms with E-state index in [1.54, 1.807) is 6.07 Å². The molecule has 0 bridgehead atoms. The predicted molar refractivity (Wildman–Crippen MR) is 65.1 cm³/mol. The highest BCUT2D eigenvalue weighted by Gasteiger charge is 2.10. The quantitative estimate of drug-likeness (QED) is 0.760. The molecule has 1 rings (SSSR count). The molecule has 1 atom stereocenters. The van der Waals surface area contributed by atoms with Gasteiger partial charge in [0.25, 0.3) is 0 Å². The van der Waals surface area contributed by atoms with Gasteiger partial charge in [0.1, 0.15) is 11.0 Å². The molecular formula is C11H18ClN3. The highest BCUT2D eigenvalue weighted by molar-refractivity contribution is 6.29. The van der Waals surface area contributed by atoms with Crippen molar-refractivity contribution in [1.82, 2.24) is 4.98 Å². The van der Waals surface area contributed by atoms with Gasteiger partial charge in [-0.05, 0) is 30.5 Å². The molecule has 0 aliphatic carbocycles. The number of pyridine rings is 1. The van der Waals surface area contributed by atoms with Crippen LogP contribution in [-0.4, -0.2) is 18.1 Å². The smallest absolute Gasteiger partial charge is 0.131 e. The van der Waals surface area contributed by atoms with Crippen LogP contribution in [0.3, 0.4) is 0 Å². The molecule has 84 valence electrons. The Morgan fingerprint density at radius 1 is 1.47 bits per heavy atom. The van der Waals surface area contributed by atoms with Crippen molar-refractivity contribution in [3.05, 3.63) is 23.4 Å². The number of rotatable bonds is 5. The molecule has 3 nitrogen and oxygen atoms in total. The van der Waals surface area contributed by atoms with E-state index in [9.17, 15) is 0 Å². The number of halogens is 1. The van der Waals surface area contributed by atoms with Crippen LogP contribution < -0.4 is 11.1 Å². The summed E-state index contributed by atoms with van der Waals surface area (Å²) in [6.45, 7) is 5.86. The molecule has 0 spiro atoms. The molecule has 0 fully saturated rings. The van der Waals surface area contributed by atoms with Gasteiger partial charge in [0, 0.05) is 6.54 Å². The van der Waals surface area contributed by atoms with Crippen molar-refractivity contribution in [2.75, 3.05) is 18.4 Å². The van der Waals surface area contributed by atoms with Gasteiger partial charge in [0.2, 0.25) is 0 Å². The van der Waals surface area contributed by atoms with Gasteiger partial charge in [0.15, 0.2) is 0 Å². The third kappa shape index (κ3) is 4.06. The predicted octanol–water partition coefficient (Wildman–Crippen LogP) is 2.38. The second-order valence-corrected chi connectivity index (χ2v) is 4.35. The molecule has 0 amide bonds. The first kappa shape index (κ1) is 12.3. The molecule has 4 heteroatoms. The van der Waals surface area contributed by atoms with Crippen LogP contribution in [0.5, 0.6) is 0 Å². The monoisotopic (exact) mass is 227 g/mol. The second-order valence-electron chi connectivity index (χ2n) is 3.97. The van der Waals surface area contributed by atoms with Gasteiger partial charge in [-0.2, -0.15) is 0 Å². The molecule has 0 saturated heterocycles. The number of anilines is 1. The minimum atomic E-state index is 0.464. The van der Waals surface area contributed by atoms with E-state index in [4.69, 9.17) is 17.3 Å². The summed E-state index contributed by atoms with van der Waals surface area (Å²) in [6.07, 6.45) is 0. The highest BCUT2D eigenvalue weighted by atomic mass is 35.5. The molecule has 15 heavy (non-hydrogen) atoms. The molecule has 0 aromatic carbocycles. The summed E-state index contributed by atoms with van der Waals surface area (Å²) in [5.74, 6) is 1.84. The fourth-order valence-electron chi connectivity index (χ4n) is 1.33. The number of nitrogens with zero attached hydrogens (tertiary/aromatic N) is 1. The van der Waals surface area contributed by atoms with Crippen molar-refractivity contribution in [2.24, 2.45) is 17.6 Å². The summed E-state index contributed by atoms with van der Waals surface area (Å²) in [5.41, 5.74) is 5.68. The highest BCUT2D eigenvalue weighted by Crippen LogP contribution is 2.12. The lowest BCUT2D eigenvalue weighted by molar-refractivity contribution is 0.413. The van der Waals surface area contributed by atoms with E-state index in [0.29, 0.717) is 23.5 Å². The molecule has 0 aliphatic rings. The lowest BCUT2D eigenvalue weighted by Crippen LogP contribution is -2.27. The van der Waals surface area contributed by atoms with E-state index in [0.717, 1.165) is 12.4 Å². The van der Waals surface area contributed by atoms with Crippen molar-refractivity contribution in [3.63, 3.8) is 0 Å². The molecule has 0 saturated carbocycles. The van der Waals surface area contributed by atoms with Gasteiger partial charge in [-0.25, -0.2) is 4.98 Å². The van der Waals surface area contributed by atoms with Gasteiger partial charge in [-0.3, -0.25) is 0 Å². The Labute approximate surface area is 96.0 Å². The maximum Gasteiger partial charge on any atom is 0.131 e. The lowest BCUT2D eigenvalue weighted by atomic mass is 9.96. The Balaban J connectivity index is 2.49. The summed E-state index contributed by atoms with van der Waals surface area (Å²) in [6, 6.07) is 5.54. The maximum atomic E-state index is 5.78. The van der Waals surface area contributed by atoms with Crippen LogP contribution in [0.25, 0.3) is 0 Å². The first-order valence-electron chi connectivity index (χ1n) is 5.20. The zero-order valence-corrected chi connectivity index (χ0v) is 9.96. The summed E-state index contributed by atoms with van der Waals surface area (Å²) in [4.78, 5) is 4.15. The van der Waals surface area contributed by atoms with Crippen molar-refractivity contribution in [1.29, 1.82) is 0 Å². The van der Waals surface area contributed by atoms with Gasteiger partial charge in [0.05, 0.1) is 0 Å². The van der Waals surface area contributed by atoms with Crippen LogP contribution in [0.2, 0.25) is 5.15 Å². The van der Waals surface area contributed by atoms with Crippen LogP contribution in [0.4, 0.5) is 5.82 Å². The van der Waals surface area contributed by atoms with E-state index in [1.165, 1.54) is 0 Å². The summed E-state index contributed by atoms with van der Waals surface area (Å²) < 4.78 is 0. The fourth-order valence-corrected chi connectivity index (χ4v) is 1.50. The average molecular weight is 228 g/mol. The Hall–Kier alpha value is -0.800. The van der Waals surface area contributed by atoms with Gasteiger partial charge < -0.3 is 11.1 Å². The molecule has 1 heterocycles. The molecule has 1 aromatic heterocycles. The third-order valence-corrected chi connectivity index (χ3v) is 2.72. The van der Waals surface area contributed by atoms with E-state index in [-0.39, 0.29) is 0 Å². The zero-order chi connectivity index (χ0) is 11.3. The van der Waals surface area contributed by atoms with Crippen molar-refractivity contribution in [2.45, 2.75) is 13.8 Å². The standard InChI is InChI=1S/C11H18ClN3/c1-8(2)9(6-13)7-14-11-5-3-4-10(12)15-11/h3-5,8-9H,6-7,13H2,1-2H3,(H,14,15). The minimum absolute atomic E-state index is 0.464. The molecule has 0 aliphatic heterocycles. The second kappa shape index (κ2) is 5.93. The summed E-state index contributed by atoms with van der Waals surface area (Å²) in [5, 5.41) is 3.75. The van der Waals surface area contributed by atoms with Crippen LogP contribution >= 0.6 is 11.6 Å². The number of nitrogens with one attached hydrogen (secondary N) is 1. The van der Waals surface area contributed by atoms with Gasteiger partial charge in [-0.15, -0.1) is 0 Å². The molecule has 1 unspecified atom stereocenters. The number of aromatic nitrogens is 1. The molecular weight excluding hydrogens is 210 g/mol. The molecule has 3 N–H and O–H groups in total. The van der Waals surface area contributed by atoms with Gasteiger partial charge >= 0.3 is 0 Å². The first-order valence-corrected chi connectivity index (χ1v) is 5.57. The number of hydrogen-bond donors (Lipinski definition) is 2. The average Bonchev–Trinajstić information content (AvgIpc) is 2.18. The Morgan fingerprint density at radius 2 is 2.20 bits per heavy atom. The van der Waals surface area contributed by atoms with E-state index >= 15 is 0 Å². The van der Waals surface area contributed by atoms with E-state index < -0.39 is 0 Å². The fraction of sp³-hybridized carbons (Fsp3) is 0.545. The Morgan fingerprint density at radius 3 is 2.73 bits per heavy atom. The summed E-state index contributed by atoms with van der Waals surface area (Å²) in [7, 11) is 0. The minimum Gasteiger partial charge on any atom is -0.370 e. The largest absolute Gasteiger partial charge is 0.370 e. The van der Waals surface area contributed by atoms with E-state index in [2.05, 4.69) is 24.1 Å². The topological polar surface area (TPSA) is 50.9 Å². The molecule has 1 aromatic rings.